The van der Waals surface area contributed by atoms with Gasteiger partial charge in [0, 0.05) is 47.5 Å². The second-order valence-electron chi connectivity index (χ2n) is 8.97. The van der Waals surface area contributed by atoms with E-state index in [4.69, 9.17) is 5.73 Å². The third kappa shape index (κ3) is 3.86. The number of aromatic amines is 1. The number of rotatable bonds is 4. The molecule has 2 aromatic heterocycles. The second-order valence-corrected chi connectivity index (χ2v) is 8.97. The number of nitrogens with one attached hydrogen (secondary N) is 1. The molecule has 3 aromatic rings. The molecule has 0 spiro atoms. The van der Waals surface area contributed by atoms with Crippen LogP contribution in [0.1, 0.15) is 62.3 Å². The Kier molecular flexibility index (Phi) is 5.65. The highest BCUT2D eigenvalue weighted by Crippen LogP contribution is 2.37. The predicted molar refractivity (Wildman–Crippen MR) is 123 cm³/mol. The standard InChI is InChI=1S/C25H32N4O/c1-15(2)23-21-13-18(17(4)25(30)29-11-5-6-20(26)14-29)7-8-22(21)28-24(23)19-9-10-27-16(3)12-19/h7-10,12-13,15,17,20,28H,5-6,11,14,26H2,1-4H3/t17?,20-/m0/s1. The van der Waals surface area contributed by atoms with Crippen LogP contribution in [0.5, 0.6) is 0 Å². The number of H-pyrrole nitrogens is 1. The third-order valence-electron chi connectivity index (χ3n) is 6.27. The molecule has 1 aliphatic rings. The van der Waals surface area contributed by atoms with Gasteiger partial charge in [0.25, 0.3) is 0 Å². The Morgan fingerprint density at radius 2 is 2.03 bits per heavy atom. The highest BCUT2D eigenvalue weighted by molar-refractivity contribution is 5.93. The van der Waals surface area contributed by atoms with Gasteiger partial charge in [-0.15, -0.1) is 0 Å². The minimum Gasteiger partial charge on any atom is -0.354 e. The number of nitrogens with zero attached hydrogens (tertiary/aromatic N) is 2. The van der Waals surface area contributed by atoms with Crippen molar-refractivity contribution in [1.29, 1.82) is 0 Å². The number of fused-ring (bicyclic) bond motifs is 1. The molecule has 5 nitrogen and oxygen atoms in total. The first kappa shape index (κ1) is 20.6. The van der Waals surface area contributed by atoms with Crippen LogP contribution in [-0.4, -0.2) is 39.9 Å². The molecule has 4 rings (SSSR count). The molecule has 0 aliphatic carbocycles. The fourth-order valence-corrected chi connectivity index (χ4v) is 4.65. The van der Waals surface area contributed by atoms with E-state index in [1.807, 2.05) is 24.9 Å². The molecule has 1 saturated heterocycles. The summed E-state index contributed by atoms with van der Waals surface area (Å²) in [4.78, 5) is 23.0. The van der Waals surface area contributed by atoms with E-state index < -0.39 is 0 Å². The first-order valence-electron chi connectivity index (χ1n) is 11.0. The molecule has 3 heterocycles. The molecule has 1 amide bonds. The molecule has 1 fully saturated rings. The zero-order valence-electron chi connectivity index (χ0n) is 18.4. The summed E-state index contributed by atoms with van der Waals surface area (Å²) < 4.78 is 0. The van der Waals surface area contributed by atoms with Crippen LogP contribution in [0.4, 0.5) is 0 Å². The quantitative estimate of drug-likeness (QED) is 0.661. The molecular formula is C25H32N4O. The monoisotopic (exact) mass is 404 g/mol. The predicted octanol–water partition coefficient (Wildman–Crippen LogP) is 4.71. The minimum atomic E-state index is -0.179. The number of carbonyl (C=O) groups is 1. The number of hydrogen-bond acceptors (Lipinski definition) is 3. The Hall–Kier alpha value is -2.66. The van der Waals surface area contributed by atoms with Crippen LogP contribution in [0.2, 0.25) is 0 Å². The minimum absolute atomic E-state index is 0.0981. The maximum absolute atomic E-state index is 13.1. The maximum atomic E-state index is 13.1. The summed E-state index contributed by atoms with van der Waals surface area (Å²) >= 11 is 0. The lowest BCUT2D eigenvalue weighted by atomic mass is 9.92. The summed E-state index contributed by atoms with van der Waals surface area (Å²) in [7, 11) is 0. The van der Waals surface area contributed by atoms with E-state index in [0.717, 1.165) is 47.4 Å². The lowest BCUT2D eigenvalue weighted by Gasteiger charge is -2.32. The van der Waals surface area contributed by atoms with Gasteiger partial charge in [0.15, 0.2) is 0 Å². The zero-order valence-corrected chi connectivity index (χ0v) is 18.4. The Morgan fingerprint density at radius 3 is 2.73 bits per heavy atom. The molecule has 1 unspecified atom stereocenters. The van der Waals surface area contributed by atoms with Crippen LogP contribution in [0.25, 0.3) is 22.2 Å². The number of nitrogens with two attached hydrogens (primary N) is 1. The first-order valence-corrected chi connectivity index (χ1v) is 11.0. The average Bonchev–Trinajstić information content (AvgIpc) is 3.11. The van der Waals surface area contributed by atoms with Gasteiger partial charge in [-0.2, -0.15) is 0 Å². The van der Waals surface area contributed by atoms with E-state index in [2.05, 4.69) is 54.1 Å². The normalized spacial score (nSPS) is 18.2. The summed E-state index contributed by atoms with van der Waals surface area (Å²) in [5.41, 5.74) is 12.8. The van der Waals surface area contributed by atoms with Crippen molar-refractivity contribution < 1.29 is 4.79 Å². The topological polar surface area (TPSA) is 75.0 Å². The van der Waals surface area contributed by atoms with Gasteiger partial charge in [0.2, 0.25) is 5.91 Å². The van der Waals surface area contributed by atoms with Crippen LogP contribution < -0.4 is 5.73 Å². The summed E-state index contributed by atoms with van der Waals surface area (Å²) in [5.74, 6) is 0.348. The van der Waals surface area contributed by atoms with Gasteiger partial charge in [-0.3, -0.25) is 9.78 Å². The summed E-state index contributed by atoms with van der Waals surface area (Å²) in [6.07, 6.45) is 3.85. The molecule has 1 aromatic carbocycles. The molecule has 0 saturated carbocycles. The van der Waals surface area contributed by atoms with Crippen LogP contribution in [0, 0.1) is 6.92 Å². The summed E-state index contributed by atoms with van der Waals surface area (Å²) in [6, 6.07) is 10.7. The number of pyridine rings is 1. The van der Waals surface area contributed by atoms with Gasteiger partial charge in [0.05, 0.1) is 11.6 Å². The molecule has 3 N–H and O–H groups in total. The van der Waals surface area contributed by atoms with Gasteiger partial charge in [0.1, 0.15) is 0 Å². The molecular weight excluding hydrogens is 372 g/mol. The Bertz CT molecular complexity index is 1070. The van der Waals surface area contributed by atoms with Crippen molar-refractivity contribution >= 4 is 16.8 Å². The maximum Gasteiger partial charge on any atom is 0.229 e. The highest BCUT2D eigenvalue weighted by Gasteiger charge is 2.27. The highest BCUT2D eigenvalue weighted by atomic mass is 16.2. The molecule has 2 atom stereocenters. The van der Waals surface area contributed by atoms with Crippen LogP contribution >= 0.6 is 0 Å². The van der Waals surface area contributed by atoms with Crippen molar-refractivity contribution in [3.63, 3.8) is 0 Å². The fraction of sp³-hybridized carbons (Fsp3) is 0.440. The van der Waals surface area contributed by atoms with Gasteiger partial charge in [-0.1, -0.05) is 19.9 Å². The molecule has 5 heteroatoms. The number of carbonyl (C=O) groups excluding carboxylic acids is 1. The van der Waals surface area contributed by atoms with E-state index >= 15 is 0 Å². The van der Waals surface area contributed by atoms with Gasteiger partial charge >= 0.3 is 0 Å². The number of likely N-dealkylation sites (tertiary alicyclic amines) is 1. The molecule has 0 bridgehead atoms. The Labute approximate surface area is 178 Å². The van der Waals surface area contributed by atoms with E-state index in [0.29, 0.717) is 12.5 Å². The number of aryl methyl sites for hydroxylation is 1. The number of benzene rings is 1. The van der Waals surface area contributed by atoms with Gasteiger partial charge < -0.3 is 15.6 Å². The van der Waals surface area contributed by atoms with Crippen LogP contribution in [0.15, 0.2) is 36.5 Å². The van der Waals surface area contributed by atoms with Crippen molar-refractivity contribution in [2.75, 3.05) is 13.1 Å². The van der Waals surface area contributed by atoms with E-state index in [1.165, 1.54) is 10.9 Å². The van der Waals surface area contributed by atoms with Gasteiger partial charge in [-0.05, 0) is 68.0 Å². The first-order chi connectivity index (χ1) is 14.3. The lowest BCUT2D eigenvalue weighted by molar-refractivity contribution is -0.133. The number of piperidine rings is 1. The molecule has 0 radical (unpaired) electrons. The van der Waals surface area contributed by atoms with Crippen molar-refractivity contribution in [3.05, 3.63) is 53.3 Å². The summed E-state index contributed by atoms with van der Waals surface area (Å²) in [5, 5.41) is 1.20. The number of aromatic nitrogens is 2. The third-order valence-corrected chi connectivity index (χ3v) is 6.27. The molecule has 158 valence electrons. The van der Waals surface area contributed by atoms with Crippen LogP contribution in [0.3, 0.4) is 0 Å². The largest absolute Gasteiger partial charge is 0.354 e. The Balaban J connectivity index is 1.73. The number of amides is 1. The fourth-order valence-electron chi connectivity index (χ4n) is 4.65. The molecule has 30 heavy (non-hydrogen) atoms. The van der Waals surface area contributed by atoms with Crippen molar-refractivity contribution in [3.8, 4) is 11.3 Å². The Morgan fingerprint density at radius 1 is 1.23 bits per heavy atom. The van der Waals surface area contributed by atoms with E-state index in [-0.39, 0.29) is 17.9 Å². The van der Waals surface area contributed by atoms with Crippen molar-refractivity contribution in [1.82, 2.24) is 14.9 Å². The van der Waals surface area contributed by atoms with Gasteiger partial charge in [-0.25, -0.2) is 0 Å². The summed E-state index contributed by atoms with van der Waals surface area (Å²) in [6.45, 7) is 9.94. The van der Waals surface area contributed by atoms with E-state index in [9.17, 15) is 4.79 Å². The molecule has 1 aliphatic heterocycles. The zero-order chi connectivity index (χ0) is 21.4. The second kappa shape index (κ2) is 8.23. The lowest BCUT2D eigenvalue weighted by Crippen LogP contribution is -2.47. The smallest absolute Gasteiger partial charge is 0.229 e. The van der Waals surface area contributed by atoms with Crippen LogP contribution in [-0.2, 0) is 4.79 Å². The van der Waals surface area contributed by atoms with E-state index in [1.54, 1.807) is 0 Å². The average molecular weight is 405 g/mol. The number of hydrogen-bond donors (Lipinski definition) is 2. The van der Waals surface area contributed by atoms with Crippen molar-refractivity contribution in [2.45, 2.75) is 58.4 Å². The SMILES string of the molecule is Cc1cc(-c2[nH]c3ccc(C(C)C(=O)N4CCC[C@H](N)C4)cc3c2C(C)C)ccn1. The van der Waals surface area contributed by atoms with Crippen molar-refractivity contribution in [2.24, 2.45) is 5.73 Å².